The number of aromatic hydroxyl groups is 1. The second-order valence-corrected chi connectivity index (χ2v) is 13.5. The van der Waals surface area contributed by atoms with Crippen LogP contribution in [-0.4, -0.2) is 54.9 Å². The lowest BCUT2D eigenvalue weighted by molar-refractivity contribution is -0.178. The molecule has 1 aromatic carbocycles. The number of ketones is 5. The van der Waals surface area contributed by atoms with Crippen molar-refractivity contribution in [2.75, 3.05) is 0 Å². The van der Waals surface area contributed by atoms with Crippen LogP contribution in [0.5, 0.6) is 5.75 Å². The van der Waals surface area contributed by atoms with Gasteiger partial charge in [-0.2, -0.15) is 0 Å². The highest BCUT2D eigenvalue weighted by Crippen LogP contribution is 2.65. The molecule has 4 aliphatic carbocycles. The second-order valence-electron chi connectivity index (χ2n) is 13.5. The van der Waals surface area contributed by atoms with Gasteiger partial charge >= 0.3 is 0 Å². The van der Waals surface area contributed by atoms with Crippen LogP contribution in [0.1, 0.15) is 94.6 Å². The van der Waals surface area contributed by atoms with Crippen LogP contribution in [0, 0.1) is 28.6 Å². The minimum atomic E-state index is -2.71. The average molecular weight is 579 g/mol. The Morgan fingerprint density at radius 3 is 2.17 bits per heavy atom. The normalized spacial score (nSPS) is 31.5. The van der Waals surface area contributed by atoms with E-state index in [1.165, 1.54) is 19.1 Å². The number of rotatable bonds is 5. The summed E-state index contributed by atoms with van der Waals surface area (Å²) in [7, 11) is 0. The Kier molecular flexibility index (Phi) is 6.92. The quantitative estimate of drug-likeness (QED) is 0.223. The molecule has 4 atom stereocenters. The van der Waals surface area contributed by atoms with Gasteiger partial charge in [-0.25, -0.2) is 0 Å². The van der Waals surface area contributed by atoms with E-state index in [2.05, 4.69) is 0 Å². The first-order chi connectivity index (χ1) is 19.5. The van der Waals surface area contributed by atoms with E-state index in [1.54, 1.807) is 20.8 Å². The Morgan fingerprint density at radius 2 is 1.60 bits per heavy atom. The Bertz CT molecular complexity index is 1520. The molecular formula is C33H38O9. The number of Topliss-reactive ketones (excluding diaryl/α,β-unsaturated/α-hetero) is 5. The van der Waals surface area contributed by atoms with Crippen LogP contribution < -0.4 is 0 Å². The van der Waals surface area contributed by atoms with Crippen LogP contribution in [0.2, 0.25) is 0 Å². The molecular weight excluding hydrogens is 540 g/mol. The van der Waals surface area contributed by atoms with E-state index < -0.39 is 85.9 Å². The van der Waals surface area contributed by atoms with Gasteiger partial charge < -0.3 is 20.4 Å². The number of aliphatic hydroxyl groups is 3. The first kappa shape index (κ1) is 29.9. The molecule has 0 radical (unpaired) electrons. The van der Waals surface area contributed by atoms with Gasteiger partial charge in [0, 0.05) is 33.8 Å². The number of benzene rings is 1. The number of phenols is 1. The molecule has 2 fully saturated rings. The van der Waals surface area contributed by atoms with E-state index in [4.69, 9.17) is 0 Å². The van der Waals surface area contributed by atoms with E-state index in [0.717, 1.165) is 26.2 Å². The zero-order chi connectivity index (χ0) is 31.1. The number of hydrogen-bond acceptors (Lipinski definition) is 9. The van der Waals surface area contributed by atoms with Crippen molar-refractivity contribution in [2.45, 2.75) is 85.2 Å². The van der Waals surface area contributed by atoms with E-state index >= 15 is 0 Å². The maximum atomic E-state index is 14.4. The predicted molar refractivity (Wildman–Crippen MR) is 152 cm³/mol. The number of fused-ring (bicyclic) bond motifs is 3. The molecule has 0 aromatic heterocycles. The van der Waals surface area contributed by atoms with Crippen LogP contribution in [0.25, 0.3) is 5.76 Å². The molecule has 42 heavy (non-hydrogen) atoms. The van der Waals surface area contributed by atoms with Gasteiger partial charge in [0.1, 0.15) is 22.8 Å². The van der Waals surface area contributed by atoms with Gasteiger partial charge in [0.05, 0.1) is 5.56 Å². The van der Waals surface area contributed by atoms with Gasteiger partial charge in [-0.05, 0) is 56.2 Å². The molecule has 0 spiro atoms. The number of aliphatic hydroxyl groups excluding tert-OH is 2. The van der Waals surface area contributed by atoms with Gasteiger partial charge in [-0.15, -0.1) is 0 Å². The highest BCUT2D eigenvalue weighted by atomic mass is 16.3. The van der Waals surface area contributed by atoms with Crippen molar-refractivity contribution >= 4 is 34.7 Å². The fourth-order valence-electron chi connectivity index (χ4n) is 8.61. The van der Waals surface area contributed by atoms with Crippen molar-refractivity contribution in [1.82, 2.24) is 0 Å². The Morgan fingerprint density at radius 1 is 0.976 bits per heavy atom. The largest absolute Gasteiger partial charge is 0.508 e. The molecule has 4 N–H and O–H groups in total. The number of phenolic OH excluding ortho intramolecular Hbond substituents is 1. The van der Waals surface area contributed by atoms with Crippen molar-refractivity contribution in [3.63, 3.8) is 0 Å². The van der Waals surface area contributed by atoms with Crippen molar-refractivity contribution in [3.8, 4) is 5.75 Å². The zero-order valence-electron chi connectivity index (χ0n) is 24.7. The standard InChI is InChI=1S/C33H38O9/c1-15(2)23-27(38)21(16(3)34)29(40)33(42)30(41)24-28(39)22-19(13-31(24,4)14-32(23,33)5)18(11-12-20(22)35)26(37)25(36)17-9-7-6-8-10-17/h11-12,15,17,23,35,39-40,42H,6-10,13-14H2,1-5H3/t23?,31-,32-,33+/m1/s1. The lowest BCUT2D eigenvalue weighted by Crippen LogP contribution is -2.69. The van der Waals surface area contributed by atoms with Crippen LogP contribution in [-0.2, 0) is 25.6 Å². The molecule has 1 aromatic rings. The van der Waals surface area contributed by atoms with Gasteiger partial charge in [0.2, 0.25) is 17.3 Å². The maximum absolute atomic E-state index is 14.4. The van der Waals surface area contributed by atoms with E-state index in [-0.39, 0.29) is 35.1 Å². The molecule has 9 nitrogen and oxygen atoms in total. The number of carbonyl (C=O) groups is 5. The van der Waals surface area contributed by atoms with E-state index in [0.29, 0.717) is 12.8 Å². The summed E-state index contributed by atoms with van der Waals surface area (Å²) in [5, 5.41) is 45.8. The molecule has 5 rings (SSSR count). The molecule has 224 valence electrons. The molecule has 1 unspecified atom stereocenters. The van der Waals surface area contributed by atoms with Gasteiger partial charge in [-0.1, -0.05) is 47.0 Å². The molecule has 0 bridgehead atoms. The lowest BCUT2D eigenvalue weighted by atomic mass is 9.43. The molecule has 9 heteroatoms. The average Bonchev–Trinajstić information content (AvgIpc) is 2.90. The SMILES string of the molecule is CC(=O)C1=C(O)[C@]2(O)C(=O)C3=C(O)c4c(O)ccc(C(=O)C(=O)C5CCCCC5)c4C[C@]3(C)C[C@]2(C)C(C(C)C)C1=O. The summed E-state index contributed by atoms with van der Waals surface area (Å²) in [6, 6.07) is 2.54. The molecule has 0 amide bonds. The smallest absolute Gasteiger partial charge is 0.229 e. The zero-order valence-corrected chi connectivity index (χ0v) is 24.7. The van der Waals surface area contributed by atoms with Gasteiger partial charge in [-0.3, -0.25) is 24.0 Å². The third-order valence-corrected chi connectivity index (χ3v) is 10.3. The minimum absolute atomic E-state index is 0.0328. The minimum Gasteiger partial charge on any atom is -0.508 e. The maximum Gasteiger partial charge on any atom is 0.229 e. The first-order valence-electron chi connectivity index (χ1n) is 14.7. The van der Waals surface area contributed by atoms with E-state index in [1.807, 2.05) is 0 Å². The highest BCUT2D eigenvalue weighted by Gasteiger charge is 2.72. The number of allylic oxidation sites excluding steroid dienone is 1. The van der Waals surface area contributed by atoms with Gasteiger partial charge in [0.15, 0.2) is 17.2 Å². The summed E-state index contributed by atoms with van der Waals surface area (Å²) in [5.41, 5.74) is -6.45. The highest BCUT2D eigenvalue weighted by molar-refractivity contribution is 6.44. The fraction of sp³-hybridized carbons (Fsp3) is 0.545. The van der Waals surface area contributed by atoms with Crippen molar-refractivity contribution in [3.05, 3.63) is 45.7 Å². The fourth-order valence-corrected chi connectivity index (χ4v) is 8.61. The summed E-state index contributed by atoms with van der Waals surface area (Å²) >= 11 is 0. The van der Waals surface area contributed by atoms with Crippen LogP contribution in [0.4, 0.5) is 0 Å². The summed E-state index contributed by atoms with van der Waals surface area (Å²) < 4.78 is 0. The van der Waals surface area contributed by atoms with Crippen LogP contribution in [0.3, 0.4) is 0 Å². The van der Waals surface area contributed by atoms with Gasteiger partial charge in [0.25, 0.3) is 0 Å². The van der Waals surface area contributed by atoms with Crippen molar-refractivity contribution in [2.24, 2.45) is 28.6 Å². The molecule has 2 saturated carbocycles. The van der Waals surface area contributed by atoms with Crippen LogP contribution >= 0.6 is 0 Å². The number of hydrogen-bond donors (Lipinski definition) is 4. The first-order valence-corrected chi connectivity index (χ1v) is 14.7. The summed E-state index contributed by atoms with van der Waals surface area (Å²) in [6.07, 6.45) is 3.80. The summed E-state index contributed by atoms with van der Waals surface area (Å²) in [6.45, 7) is 7.71. The summed E-state index contributed by atoms with van der Waals surface area (Å²) in [4.78, 5) is 67.3. The van der Waals surface area contributed by atoms with Crippen molar-refractivity contribution < 1.29 is 44.4 Å². The topological polar surface area (TPSA) is 166 Å². The monoisotopic (exact) mass is 578 g/mol. The Labute approximate surface area is 244 Å². The van der Waals surface area contributed by atoms with E-state index in [9.17, 15) is 44.4 Å². The third-order valence-electron chi connectivity index (χ3n) is 10.3. The Hall–Kier alpha value is -3.59. The molecule has 0 aliphatic heterocycles. The Balaban J connectivity index is 1.73. The third kappa shape index (κ3) is 3.81. The molecule has 0 heterocycles. The summed E-state index contributed by atoms with van der Waals surface area (Å²) in [5.74, 6) is -7.80. The molecule has 0 saturated heterocycles. The second kappa shape index (κ2) is 9.73. The van der Waals surface area contributed by atoms with Crippen LogP contribution in [0.15, 0.2) is 29.0 Å². The van der Waals surface area contributed by atoms with Crippen molar-refractivity contribution in [1.29, 1.82) is 0 Å². The molecule has 4 aliphatic rings. The predicted octanol–water partition coefficient (Wildman–Crippen LogP) is 4.52. The number of carbonyl (C=O) groups excluding carboxylic acids is 5. The lowest BCUT2D eigenvalue weighted by Gasteiger charge is -2.59.